The van der Waals surface area contributed by atoms with Crippen LogP contribution in [0.4, 0.5) is 0 Å². The summed E-state index contributed by atoms with van der Waals surface area (Å²) in [6, 6.07) is 18.5. The Labute approximate surface area is 164 Å². The Morgan fingerprint density at radius 3 is 2.36 bits per heavy atom. The quantitative estimate of drug-likeness (QED) is 0.669. The molecule has 28 heavy (non-hydrogen) atoms. The van der Waals surface area contributed by atoms with Crippen molar-refractivity contribution in [2.45, 2.75) is 26.3 Å². The highest BCUT2D eigenvalue weighted by atomic mass is 16.4. The molecule has 0 aliphatic heterocycles. The van der Waals surface area contributed by atoms with Gasteiger partial charge in [0.1, 0.15) is 0 Å². The van der Waals surface area contributed by atoms with Crippen molar-refractivity contribution < 1.29 is 9.90 Å². The second-order valence-electron chi connectivity index (χ2n) is 7.09. The van der Waals surface area contributed by atoms with Crippen molar-refractivity contribution in [3.8, 4) is 0 Å². The molecule has 3 rings (SSSR count). The van der Waals surface area contributed by atoms with Gasteiger partial charge in [-0.25, -0.2) is 4.79 Å². The number of aromatic nitrogens is 1. The number of pyridine rings is 1. The van der Waals surface area contributed by atoms with E-state index in [4.69, 9.17) is 5.11 Å². The van der Waals surface area contributed by atoms with E-state index >= 15 is 0 Å². The van der Waals surface area contributed by atoms with Gasteiger partial charge in [-0.1, -0.05) is 62.4 Å². The van der Waals surface area contributed by atoms with Gasteiger partial charge in [0.25, 0.3) is 5.56 Å². The van der Waals surface area contributed by atoms with Gasteiger partial charge in [0.2, 0.25) is 0 Å². The molecule has 0 radical (unpaired) electrons. The molecular weight excluding hydrogens is 350 g/mol. The molecule has 1 aromatic heterocycles. The van der Waals surface area contributed by atoms with Crippen LogP contribution in [0.3, 0.4) is 0 Å². The smallest absolute Gasteiger partial charge is 0.335 e. The zero-order valence-corrected chi connectivity index (χ0v) is 16.0. The lowest BCUT2D eigenvalue weighted by Crippen LogP contribution is -2.19. The van der Waals surface area contributed by atoms with Crippen molar-refractivity contribution in [2.24, 2.45) is 0 Å². The van der Waals surface area contributed by atoms with Gasteiger partial charge in [-0.3, -0.25) is 4.79 Å². The summed E-state index contributed by atoms with van der Waals surface area (Å²) in [7, 11) is 0. The fraction of sp³-hybridized carbons (Fsp3) is 0.167. The molecule has 142 valence electrons. The van der Waals surface area contributed by atoms with Crippen LogP contribution in [0, 0.1) is 0 Å². The summed E-state index contributed by atoms with van der Waals surface area (Å²) in [5.41, 5.74) is 4.07. The summed E-state index contributed by atoms with van der Waals surface area (Å²) < 4.78 is 1.57. The van der Waals surface area contributed by atoms with E-state index in [1.165, 1.54) is 11.6 Å². The lowest BCUT2D eigenvalue weighted by molar-refractivity contribution is 0.0696. The van der Waals surface area contributed by atoms with Crippen molar-refractivity contribution >= 4 is 18.1 Å². The molecular formula is C24H23NO3. The molecule has 0 aliphatic rings. The number of aromatic carboxylic acids is 1. The first-order chi connectivity index (χ1) is 13.4. The lowest BCUT2D eigenvalue weighted by Gasteiger charge is -2.07. The maximum atomic E-state index is 12.4. The Kier molecular flexibility index (Phi) is 5.90. The molecule has 0 atom stereocenters. The first kappa shape index (κ1) is 19.4. The van der Waals surface area contributed by atoms with Crippen molar-refractivity contribution in [3.63, 3.8) is 0 Å². The summed E-state index contributed by atoms with van der Waals surface area (Å²) in [4.78, 5) is 23.5. The predicted molar refractivity (Wildman–Crippen MR) is 113 cm³/mol. The molecule has 0 saturated heterocycles. The number of hydrogen-bond donors (Lipinski definition) is 1. The molecule has 4 nitrogen and oxygen atoms in total. The maximum Gasteiger partial charge on any atom is 0.335 e. The monoisotopic (exact) mass is 373 g/mol. The number of carboxylic acid groups (broad SMARTS) is 1. The molecule has 0 unspecified atom stereocenters. The van der Waals surface area contributed by atoms with Crippen LogP contribution in [0.1, 0.15) is 52.4 Å². The second-order valence-corrected chi connectivity index (χ2v) is 7.09. The van der Waals surface area contributed by atoms with Crippen molar-refractivity contribution in [3.05, 3.63) is 105 Å². The average Bonchev–Trinajstić information content (AvgIpc) is 2.69. The summed E-state index contributed by atoms with van der Waals surface area (Å²) in [6.45, 7) is 4.66. The molecule has 0 fully saturated rings. The Balaban J connectivity index is 1.74. The highest BCUT2D eigenvalue weighted by Gasteiger charge is 2.05. The van der Waals surface area contributed by atoms with E-state index < -0.39 is 5.97 Å². The summed E-state index contributed by atoms with van der Waals surface area (Å²) in [5.74, 6) is -0.474. The van der Waals surface area contributed by atoms with Crippen molar-refractivity contribution in [1.82, 2.24) is 4.57 Å². The minimum absolute atomic E-state index is 0.127. The standard InChI is InChI=1S/C24H23NO3/c1-17(2)21-10-8-18(9-11-21)6-7-19-12-13-25(23(26)15-19)16-20-4-3-5-22(14-20)24(27)28/h3-15,17H,16H2,1-2H3,(H,27,28)/b7-6+. The number of hydrogen-bond acceptors (Lipinski definition) is 2. The summed E-state index contributed by atoms with van der Waals surface area (Å²) in [5, 5.41) is 9.09. The van der Waals surface area contributed by atoms with E-state index in [9.17, 15) is 9.59 Å². The van der Waals surface area contributed by atoms with Crippen molar-refractivity contribution in [1.29, 1.82) is 0 Å². The van der Waals surface area contributed by atoms with E-state index in [-0.39, 0.29) is 11.1 Å². The zero-order valence-electron chi connectivity index (χ0n) is 16.0. The highest BCUT2D eigenvalue weighted by Crippen LogP contribution is 2.16. The van der Waals surface area contributed by atoms with Crippen molar-refractivity contribution in [2.75, 3.05) is 0 Å². The van der Waals surface area contributed by atoms with Gasteiger partial charge in [-0.2, -0.15) is 0 Å². The number of carboxylic acids is 1. The van der Waals surface area contributed by atoms with E-state index in [0.717, 1.165) is 16.7 Å². The minimum Gasteiger partial charge on any atom is -0.478 e. The zero-order chi connectivity index (χ0) is 20.1. The molecule has 1 N–H and O–H groups in total. The van der Waals surface area contributed by atoms with E-state index in [2.05, 4.69) is 38.1 Å². The third kappa shape index (κ3) is 4.86. The van der Waals surface area contributed by atoms with Crippen LogP contribution >= 0.6 is 0 Å². The average molecular weight is 373 g/mol. The van der Waals surface area contributed by atoms with Crippen LogP contribution in [-0.2, 0) is 6.54 Å². The topological polar surface area (TPSA) is 59.3 Å². The summed E-state index contributed by atoms with van der Waals surface area (Å²) in [6.07, 6.45) is 5.64. The molecule has 0 aliphatic carbocycles. The molecule has 3 aromatic rings. The maximum absolute atomic E-state index is 12.4. The number of benzene rings is 2. The van der Waals surface area contributed by atoms with Gasteiger partial charge < -0.3 is 9.67 Å². The molecule has 0 spiro atoms. The SMILES string of the molecule is CC(C)c1ccc(/C=C/c2ccn(Cc3cccc(C(=O)O)c3)c(=O)c2)cc1. The van der Waals surface area contributed by atoms with Gasteiger partial charge in [0.05, 0.1) is 12.1 Å². The van der Waals surface area contributed by atoms with Gasteiger partial charge in [-0.05, 0) is 46.4 Å². The minimum atomic E-state index is -0.976. The number of carbonyl (C=O) groups is 1. The molecule has 0 amide bonds. The van der Waals surface area contributed by atoms with Crippen LogP contribution in [0.2, 0.25) is 0 Å². The van der Waals surface area contributed by atoms with E-state index in [1.54, 1.807) is 29.0 Å². The highest BCUT2D eigenvalue weighted by molar-refractivity contribution is 5.87. The second kappa shape index (κ2) is 8.53. The molecule has 4 heteroatoms. The first-order valence-corrected chi connectivity index (χ1v) is 9.23. The molecule has 0 saturated carbocycles. The first-order valence-electron chi connectivity index (χ1n) is 9.23. The Hall–Kier alpha value is -3.40. The van der Waals surface area contributed by atoms with Crippen LogP contribution in [0.25, 0.3) is 12.2 Å². The molecule has 1 heterocycles. The fourth-order valence-electron chi connectivity index (χ4n) is 2.94. The predicted octanol–water partition coefficient (Wildman–Crippen LogP) is 4.89. The number of rotatable bonds is 6. The van der Waals surface area contributed by atoms with Gasteiger partial charge in [0, 0.05) is 12.3 Å². The van der Waals surface area contributed by atoms with Crippen LogP contribution in [0.5, 0.6) is 0 Å². The largest absolute Gasteiger partial charge is 0.478 e. The Bertz CT molecular complexity index is 1060. The van der Waals surface area contributed by atoms with Gasteiger partial charge >= 0.3 is 5.97 Å². The molecule has 0 bridgehead atoms. The Morgan fingerprint density at radius 1 is 1.00 bits per heavy atom. The lowest BCUT2D eigenvalue weighted by atomic mass is 10.0. The third-order valence-electron chi connectivity index (χ3n) is 4.62. The fourth-order valence-corrected chi connectivity index (χ4v) is 2.94. The normalized spacial score (nSPS) is 11.2. The van der Waals surface area contributed by atoms with Crippen LogP contribution < -0.4 is 5.56 Å². The van der Waals surface area contributed by atoms with Gasteiger partial charge in [0.15, 0.2) is 0 Å². The van der Waals surface area contributed by atoms with E-state index in [0.29, 0.717) is 12.5 Å². The van der Waals surface area contributed by atoms with Crippen LogP contribution in [-0.4, -0.2) is 15.6 Å². The third-order valence-corrected chi connectivity index (χ3v) is 4.62. The molecule has 2 aromatic carbocycles. The van der Waals surface area contributed by atoms with Gasteiger partial charge in [-0.15, -0.1) is 0 Å². The van der Waals surface area contributed by atoms with Crippen LogP contribution in [0.15, 0.2) is 71.7 Å². The Morgan fingerprint density at radius 2 is 1.71 bits per heavy atom. The van der Waals surface area contributed by atoms with E-state index in [1.807, 2.05) is 24.3 Å². The number of nitrogens with zero attached hydrogens (tertiary/aromatic N) is 1. The summed E-state index contributed by atoms with van der Waals surface area (Å²) >= 11 is 0.